The number of hydrogen-bond donors (Lipinski definition) is 0. The van der Waals surface area contributed by atoms with Gasteiger partial charge in [0.05, 0.1) is 11.1 Å². The summed E-state index contributed by atoms with van der Waals surface area (Å²) in [5.41, 5.74) is 2.24. The maximum absolute atomic E-state index is 8.71. The normalized spacial score (nSPS) is 10.3. The van der Waals surface area contributed by atoms with Gasteiger partial charge in [-0.3, -0.25) is 0 Å². The molecular weight excluding hydrogens is 214 g/mol. The van der Waals surface area contributed by atoms with E-state index in [0.29, 0.717) is 11.4 Å². The first-order chi connectivity index (χ1) is 8.38. The van der Waals surface area contributed by atoms with Crippen molar-refractivity contribution in [3.8, 4) is 11.9 Å². The van der Waals surface area contributed by atoms with Crippen molar-refractivity contribution < 1.29 is 0 Å². The van der Waals surface area contributed by atoms with Gasteiger partial charge in [-0.2, -0.15) is 9.94 Å². The van der Waals surface area contributed by atoms with Crippen LogP contribution in [0.2, 0.25) is 0 Å². The predicted octanol–water partition coefficient (Wildman–Crippen LogP) is 1.69. The average molecular weight is 221 g/mol. The summed E-state index contributed by atoms with van der Waals surface area (Å²) >= 11 is 0. The lowest BCUT2D eigenvalue weighted by Gasteiger charge is -2.00. The number of fused-ring (bicyclic) bond motifs is 1. The van der Waals surface area contributed by atoms with Crippen molar-refractivity contribution in [2.75, 3.05) is 0 Å². The Morgan fingerprint density at radius 2 is 2.00 bits per heavy atom. The predicted molar refractivity (Wildman–Crippen MR) is 61.4 cm³/mol. The number of pyridine rings is 1. The Hall–Kier alpha value is -2.74. The largest absolute Gasteiger partial charge is 0.236 e. The number of rotatable bonds is 1. The summed E-state index contributed by atoms with van der Waals surface area (Å²) in [6.07, 6.45) is 1.52. The smallest absolute Gasteiger partial charge is 0.155 e. The van der Waals surface area contributed by atoms with Gasteiger partial charge in [-0.1, -0.05) is 17.3 Å². The number of nitriles is 1. The van der Waals surface area contributed by atoms with E-state index in [9.17, 15) is 0 Å². The van der Waals surface area contributed by atoms with Crippen molar-refractivity contribution in [1.82, 2.24) is 20.0 Å². The highest BCUT2D eigenvalue weighted by Gasteiger charge is 2.06. The van der Waals surface area contributed by atoms with Crippen LogP contribution in [0.3, 0.4) is 0 Å². The van der Waals surface area contributed by atoms with Crippen LogP contribution in [0.15, 0.2) is 42.6 Å². The summed E-state index contributed by atoms with van der Waals surface area (Å²) in [5.74, 6) is 0.651. The molecule has 17 heavy (non-hydrogen) atoms. The van der Waals surface area contributed by atoms with Gasteiger partial charge in [-0.25, -0.2) is 4.98 Å². The van der Waals surface area contributed by atoms with Crippen LogP contribution in [-0.2, 0) is 0 Å². The van der Waals surface area contributed by atoms with Gasteiger partial charge in [-0.15, -0.1) is 5.10 Å². The Balaban J connectivity index is 2.17. The minimum Gasteiger partial charge on any atom is -0.236 e. The molecule has 80 valence electrons. The van der Waals surface area contributed by atoms with Crippen LogP contribution in [0.4, 0.5) is 0 Å². The van der Waals surface area contributed by atoms with Crippen molar-refractivity contribution in [3.63, 3.8) is 0 Å². The average Bonchev–Trinajstić information content (AvgIpc) is 2.83. The van der Waals surface area contributed by atoms with E-state index in [0.717, 1.165) is 11.0 Å². The SMILES string of the molecule is N#Cc1ccc(-n2nnc3ccccc32)nc1. The molecule has 1 aromatic carbocycles. The minimum atomic E-state index is 0.526. The molecule has 0 N–H and O–H groups in total. The monoisotopic (exact) mass is 221 g/mol. The van der Waals surface area contributed by atoms with Gasteiger partial charge in [-0.05, 0) is 24.3 Å². The molecule has 3 rings (SSSR count). The summed E-state index contributed by atoms with van der Waals surface area (Å²) in [5, 5.41) is 16.8. The zero-order chi connectivity index (χ0) is 11.7. The lowest BCUT2D eigenvalue weighted by Crippen LogP contribution is -1.99. The highest BCUT2D eigenvalue weighted by molar-refractivity contribution is 5.75. The van der Waals surface area contributed by atoms with E-state index in [1.807, 2.05) is 30.3 Å². The van der Waals surface area contributed by atoms with Gasteiger partial charge in [0.25, 0.3) is 0 Å². The topological polar surface area (TPSA) is 67.4 Å². The summed E-state index contributed by atoms with van der Waals surface area (Å²) in [6, 6.07) is 13.1. The van der Waals surface area contributed by atoms with E-state index in [1.54, 1.807) is 16.8 Å². The van der Waals surface area contributed by atoms with Crippen LogP contribution in [0.5, 0.6) is 0 Å². The van der Waals surface area contributed by atoms with Gasteiger partial charge in [0.2, 0.25) is 0 Å². The molecule has 0 aliphatic carbocycles. The maximum atomic E-state index is 8.71. The third-order valence-corrected chi connectivity index (χ3v) is 2.45. The van der Waals surface area contributed by atoms with Crippen LogP contribution < -0.4 is 0 Å². The highest BCUT2D eigenvalue weighted by atomic mass is 15.4. The Labute approximate surface area is 96.9 Å². The number of aromatic nitrogens is 4. The molecule has 0 bridgehead atoms. The van der Waals surface area contributed by atoms with Crippen LogP contribution in [0.1, 0.15) is 5.56 Å². The lowest BCUT2D eigenvalue weighted by atomic mass is 10.3. The first-order valence-electron chi connectivity index (χ1n) is 5.05. The minimum absolute atomic E-state index is 0.526. The first-order valence-corrected chi connectivity index (χ1v) is 5.05. The van der Waals surface area contributed by atoms with Crippen molar-refractivity contribution in [1.29, 1.82) is 5.26 Å². The maximum Gasteiger partial charge on any atom is 0.155 e. The van der Waals surface area contributed by atoms with Crippen molar-refractivity contribution in [2.24, 2.45) is 0 Å². The zero-order valence-corrected chi connectivity index (χ0v) is 8.78. The third-order valence-electron chi connectivity index (χ3n) is 2.45. The van der Waals surface area contributed by atoms with E-state index in [2.05, 4.69) is 15.3 Å². The van der Waals surface area contributed by atoms with Crippen molar-refractivity contribution in [2.45, 2.75) is 0 Å². The molecule has 3 aromatic rings. The molecule has 2 heterocycles. The fourth-order valence-corrected chi connectivity index (χ4v) is 1.62. The fraction of sp³-hybridized carbons (Fsp3) is 0. The second-order valence-corrected chi connectivity index (χ2v) is 3.51. The van der Waals surface area contributed by atoms with Crippen LogP contribution in [-0.4, -0.2) is 20.0 Å². The molecule has 0 saturated carbocycles. The summed E-state index contributed by atoms with van der Waals surface area (Å²) in [6.45, 7) is 0. The molecule has 5 nitrogen and oxygen atoms in total. The second-order valence-electron chi connectivity index (χ2n) is 3.51. The Morgan fingerprint density at radius 3 is 2.76 bits per heavy atom. The molecule has 0 amide bonds. The Morgan fingerprint density at radius 1 is 1.12 bits per heavy atom. The Kier molecular flexibility index (Phi) is 2.06. The van der Waals surface area contributed by atoms with Crippen LogP contribution in [0.25, 0.3) is 16.9 Å². The number of benzene rings is 1. The van der Waals surface area contributed by atoms with E-state index < -0.39 is 0 Å². The van der Waals surface area contributed by atoms with E-state index in [-0.39, 0.29) is 0 Å². The van der Waals surface area contributed by atoms with Gasteiger partial charge < -0.3 is 0 Å². The summed E-state index contributed by atoms with van der Waals surface area (Å²) in [7, 11) is 0. The molecular formula is C12H7N5. The van der Waals surface area contributed by atoms with E-state index in [1.165, 1.54) is 6.20 Å². The molecule has 0 aliphatic heterocycles. The molecule has 5 heteroatoms. The lowest BCUT2D eigenvalue weighted by molar-refractivity contribution is 0.801. The van der Waals surface area contributed by atoms with Crippen molar-refractivity contribution in [3.05, 3.63) is 48.2 Å². The highest BCUT2D eigenvalue weighted by Crippen LogP contribution is 2.14. The van der Waals surface area contributed by atoms with E-state index >= 15 is 0 Å². The zero-order valence-electron chi connectivity index (χ0n) is 8.78. The summed E-state index contributed by atoms with van der Waals surface area (Å²) < 4.78 is 1.65. The number of nitrogens with zero attached hydrogens (tertiary/aromatic N) is 5. The summed E-state index contributed by atoms with van der Waals surface area (Å²) in [4.78, 5) is 4.18. The molecule has 0 spiro atoms. The molecule has 0 atom stereocenters. The third kappa shape index (κ3) is 1.52. The van der Waals surface area contributed by atoms with Crippen LogP contribution >= 0.6 is 0 Å². The molecule has 0 fully saturated rings. The molecule has 0 saturated heterocycles. The van der Waals surface area contributed by atoms with E-state index in [4.69, 9.17) is 5.26 Å². The van der Waals surface area contributed by atoms with Crippen LogP contribution in [0, 0.1) is 11.3 Å². The number of para-hydroxylation sites is 1. The standard InChI is InChI=1S/C12H7N5/c13-7-9-5-6-12(14-8-9)17-11-4-2-1-3-10(11)15-16-17/h1-6,8H. The molecule has 0 aliphatic rings. The number of hydrogen-bond acceptors (Lipinski definition) is 4. The van der Waals surface area contributed by atoms with Crippen molar-refractivity contribution >= 4 is 11.0 Å². The fourth-order valence-electron chi connectivity index (χ4n) is 1.62. The van der Waals surface area contributed by atoms with Gasteiger partial charge in [0.15, 0.2) is 5.82 Å². The van der Waals surface area contributed by atoms with Gasteiger partial charge >= 0.3 is 0 Å². The quantitative estimate of drug-likeness (QED) is 0.627. The Bertz CT molecular complexity index is 706. The molecule has 2 aromatic heterocycles. The first kappa shape index (κ1) is 9.48. The van der Waals surface area contributed by atoms with Gasteiger partial charge in [0, 0.05) is 6.20 Å². The van der Waals surface area contributed by atoms with Gasteiger partial charge in [0.1, 0.15) is 11.6 Å². The molecule has 0 radical (unpaired) electrons. The molecule has 0 unspecified atom stereocenters. The second kappa shape index (κ2) is 3.68.